The Bertz CT molecular complexity index is 186. The quantitative estimate of drug-likeness (QED) is 0.173. The van der Waals surface area contributed by atoms with E-state index in [1.807, 2.05) is 17.7 Å². The van der Waals surface area contributed by atoms with Gasteiger partial charge in [0.05, 0.1) is 0 Å². The van der Waals surface area contributed by atoms with Gasteiger partial charge in [0.25, 0.3) is 0 Å². The standard InChI is InChI=1S/C18H38OS2/c1-3-4-5-6-7-8-9-10-11-12-13-14-15-16-17-20-21-18(2)19/h18-19H,3-17H2,1-2H3. The molecule has 0 amide bonds. The van der Waals surface area contributed by atoms with Gasteiger partial charge in [-0.25, -0.2) is 0 Å². The number of unbranched alkanes of at least 4 members (excludes halogenated alkanes) is 13. The number of hydrogen-bond donors (Lipinski definition) is 1. The van der Waals surface area contributed by atoms with Crippen molar-refractivity contribution in [2.75, 3.05) is 5.75 Å². The van der Waals surface area contributed by atoms with Gasteiger partial charge in [-0.05, 0) is 13.3 Å². The normalized spacial score (nSPS) is 12.7. The van der Waals surface area contributed by atoms with Crippen LogP contribution in [0.1, 0.15) is 104 Å². The van der Waals surface area contributed by atoms with Crippen LogP contribution in [0.3, 0.4) is 0 Å². The molecule has 0 aromatic rings. The largest absolute Gasteiger partial charge is 0.382 e. The molecule has 128 valence electrons. The van der Waals surface area contributed by atoms with Gasteiger partial charge in [0.15, 0.2) is 0 Å². The van der Waals surface area contributed by atoms with Crippen LogP contribution < -0.4 is 0 Å². The summed E-state index contributed by atoms with van der Waals surface area (Å²) in [5, 5.41) is 9.11. The number of aliphatic hydroxyl groups excluding tert-OH is 1. The molecule has 0 bridgehead atoms. The number of rotatable bonds is 17. The van der Waals surface area contributed by atoms with Crippen LogP contribution in [0.4, 0.5) is 0 Å². The van der Waals surface area contributed by atoms with Crippen molar-refractivity contribution in [1.82, 2.24) is 0 Å². The average molecular weight is 335 g/mol. The molecule has 0 saturated carbocycles. The molecule has 1 unspecified atom stereocenters. The topological polar surface area (TPSA) is 20.2 Å². The number of aliphatic hydroxyl groups is 1. The van der Waals surface area contributed by atoms with Crippen LogP contribution in [0, 0.1) is 0 Å². The minimum atomic E-state index is -0.221. The highest BCUT2D eigenvalue weighted by atomic mass is 33.1. The van der Waals surface area contributed by atoms with Gasteiger partial charge < -0.3 is 5.11 Å². The highest BCUT2D eigenvalue weighted by Crippen LogP contribution is 2.26. The van der Waals surface area contributed by atoms with E-state index >= 15 is 0 Å². The second kappa shape index (κ2) is 18.7. The van der Waals surface area contributed by atoms with Crippen LogP contribution in [0.5, 0.6) is 0 Å². The van der Waals surface area contributed by atoms with E-state index in [-0.39, 0.29) is 5.44 Å². The van der Waals surface area contributed by atoms with Crippen LogP contribution in [0.25, 0.3) is 0 Å². The van der Waals surface area contributed by atoms with E-state index < -0.39 is 0 Å². The summed E-state index contributed by atoms with van der Waals surface area (Å²) in [4.78, 5) is 0. The third kappa shape index (κ3) is 20.7. The molecular formula is C18H38OS2. The van der Waals surface area contributed by atoms with Gasteiger partial charge in [-0.2, -0.15) is 0 Å². The maximum absolute atomic E-state index is 9.11. The van der Waals surface area contributed by atoms with E-state index in [0.29, 0.717) is 0 Å². The molecular weight excluding hydrogens is 296 g/mol. The Morgan fingerprint density at radius 1 is 0.667 bits per heavy atom. The van der Waals surface area contributed by atoms with Crippen LogP contribution >= 0.6 is 21.6 Å². The van der Waals surface area contributed by atoms with Crippen LogP contribution in [0.2, 0.25) is 0 Å². The summed E-state index contributed by atoms with van der Waals surface area (Å²) in [5.41, 5.74) is -0.221. The lowest BCUT2D eigenvalue weighted by Gasteiger charge is -2.04. The van der Waals surface area contributed by atoms with Crippen LogP contribution in [0.15, 0.2) is 0 Å². The molecule has 0 aromatic carbocycles. The van der Waals surface area contributed by atoms with Crippen molar-refractivity contribution in [3.05, 3.63) is 0 Å². The zero-order chi connectivity index (χ0) is 15.6. The molecule has 0 aliphatic rings. The van der Waals surface area contributed by atoms with E-state index in [1.165, 1.54) is 95.6 Å². The van der Waals surface area contributed by atoms with Crippen molar-refractivity contribution in [3.63, 3.8) is 0 Å². The van der Waals surface area contributed by atoms with E-state index in [4.69, 9.17) is 5.11 Å². The minimum absolute atomic E-state index is 0.221. The smallest absolute Gasteiger partial charge is 0.106 e. The predicted molar refractivity (Wildman–Crippen MR) is 102 cm³/mol. The molecule has 21 heavy (non-hydrogen) atoms. The molecule has 0 aliphatic carbocycles. The fourth-order valence-electron chi connectivity index (χ4n) is 2.50. The first-order valence-electron chi connectivity index (χ1n) is 9.23. The third-order valence-electron chi connectivity index (χ3n) is 3.79. The molecule has 0 spiro atoms. The molecule has 0 radical (unpaired) electrons. The van der Waals surface area contributed by atoms with E-state index in [9.17, 15) is 0 Å². The van der Waals surface area contributed by atoms with Gasteiger partial charge in [-0.3, -0.25) is 0 Å². The molecule has 1 atom stereocenters. The Hall–Kier alpha value is 0.660. The second-order valence-corrected chi connectivity index (χ2v) is 8.92. The number of hydrogen-bond acceptors (Lipinski definition) is 3. The highest BCUT2D eigenvalue weighted by molar-refractivity contribution is 8.76. The Kier molecular flexibility index (Phi) is 19.3. The van der Waals surface area contributed by atoms with Gasteiger partial charge in [-0.1, -0.05) is 112 Å². The predicted octanol–water partition coefficient (Wildman–Crippen LogP) is 7.19. The van der Waals surface area contributed by atoms with Crippen LogP contribution in [-0.2, 0) is 0 Å². The molecule has 1 nitrogen and oxygen atoms in total. The van der Waals surface area contributed by atoms with Gasteiger partial charge in [-0.15, -0.1) is 0 Å². The van der Waals surface area contributed by atoms with Crippen molar-refractivity contribution in [2.24, 2.45) is 0 Å². The third-order valence-corrected chi connectivity index (χ3v) is 6.40. The van der Waals surface area contributed by atoms with Gasteiger partial charge in [0.2, 0.25) is 0 Å². The lowest BCUT2D eigenvalue weighted by Crippen LogP contribution is -1.88. The highest BCUT2D eigenvalue weighted by Gasteiger charge is 1.97. The zero-order valence-corrected chi connectivity index (χ0v) is 16.1. The SMILES string of the molecule is CCCCCCCCCCCCCCCCSSC(C)O. The monoisotopic (exact) mass is 334 g/mol. The van der Waals surface area contributed by atoms with Gasteiger partial charge in [0, 0.05) is 5.75 Å². The fourth-order valence-corrected chi connectivity index (χ4v) is 4.35. The molecule has 0 rings (SSSR count). The van der Waals surface area contributed by atoms with Crippen LogP contribution in [-0.4, -0.2) is 16.3 Å². The van der Waals surface area contributed by atoms with Crippen molar-refractivity contribution >= 4 is 21.6 Å². The zero-order valence-electron chi connectivity index (χ0n) is 14.4. The first-order chi connectivity index (χ1) is 10.3. The lowest BCUT2D eigenvalue weighted by molar-refractivity contribution is 0.285. The Labute approximate surface area is 141 Å². The van der Waals surface area contributed by atoms with Crippen molar-refractivity contribution in [1.29, 1.82) is 0 Å². The van der Waals surface area contributed by atoms with E-state index in [0.717, 1.165) is 0 Å². The molecule has 3 heteroatoms. The first kappa shape index (κ1) is 21.7. The van der Waals surface area contributed by atoms with Gasteiger partial charge >= 0.3 is 0 Å². The molecule has 0 aromatic heterocycles. The molecule has 0 fully saturated rings. The first-order valence-corrected chi connectivity index (χ1v) is 11.6. The lowest BCUT2D eigenvalue weighted by atomic mass is 10.0. The summed E-state index contributed by atoms with van der Waals surface area (Å²) >= 11 is 0. The Morgan fingerprint density at radius 2 is 1.05 bits per heavy atom. The molecule has 0 heterocycles. The minimum Gasteiger partial charge on any atom is -0.382 e. The summed E-state index contributed by atoms with van der Waals surface area (Å²) in [6, 6.07) is 0. The molecule has 0 saturated heterocycles. The Balaban J connectivity index is 2.93. The van der Waals surface area contributed by atoms with Crippen molar-refractivity contribution in [3.8, 4) is 0 Å². The summed E-state index contributed by atoms with van der Waals surface area (Å²) in [7, 11) is 3.40. The van der Waals surface area contributed by atoms with Crippen molar-refractivity contribution < 1.29 is 5.11 Å². The van der Waals surface area contributed by atoms with Crippen molar-refractivity contribution in [2.45, 2.75) is 109 Å². The maximum atomic E-state index is 9.11. The maximum Gasteiger partial charge on any atom is 0.106 e. The molecule has 0 aliphatic heterocycles. The second-order valence-electron chi connectivity index (χ2n) is 6.11. The van der Waals surface area contributed by atoms with Gasteiger partial charge in [0.1, 0.15) is 5.44 Å². The van der Waals surface area contributed by atoms with E-state index in [1.54, 1.807) is 10.8 Å². The summed E-state index contributed by atoms with van der Waals surface area (Å²) in [6.45, 7) is 4.12. The van der Waals surface area contributed by atoms with E-state index in [2.05, 4.69) is 6.92 Å². The molecule has 1 N–H and O–H groups in total. The average Bonchev–Trinajstić information content (AvgIpc) is 2.46. The fraction of sp³-hybridized carbons (Fsp3) is 1.00. The summed E-state index contributed by atoms with van der Waals surface area (Å²) in [5.74, 6) is 1.19. The Morgan fingerprint density at radius 3 is 1.43 bits per heavy atom. The summed E-state index contributed by atoms with van der Waals surface area (Å²) in [6.07, 6.45) is 19.9. The summed E-state index contributed by atoms with van der Waals surface area (Å²) < 4.78 is 0.